The summed E-state index contributed by atoms with van der Waals surface area (Å²) in [7, 11) is 0. The molecule has 144 valence electrons. The van der Waals surface area contributed by atoms with E-state index < -0.39 is 23.6 Å². The molecule has 1 aromatic heterocycles. The summed E-state index contributed by atoms with van der Waals surface area (Å²) in [6.07, 6.45) is -4.05. The van der Waals surface area contributed by atoms with E-state index >= 15 is 0 Å². The smallest absolute Gasteiger partial charge is 0.434 e. The van der Waals surface area contributed by atoms with Gasteiger partial charge in [-0.25, -0.2) is 4.79 Å². The second-order valence-electron chi connectivity index (χ2n) is 7.33. The van der Waals surface area contributed by atoms with Crippen LogP contribution in [0, 0.1) is 0 Å². The van der Waals surface area contributed by atoms with Crippen molar-refractivity contribution >= 4 is 17.7 Å². The third-order valence-corrected chi connectivity index (χ3v) is 4.35. The van der Waals surface area contributed by atoms with E-state index in [0.29, 0.717) is 12.1 Å². The van der Waals surface area contributed by atoms with Gasteiger partial charge in [0.1, 0.15) is 5.60 Å². The van der Waals surface area contributed by atoms with E-state index in [1.165, 1.54) is 11.0 Å². The second kappa shape index (κ2) is 6.71. The fraction of sp³-hybridized carbons (Fsp3) is 0.368. The van der Waals surface area contributed by atoms with E-state index in [0.717, 1.165) is 17.3 Å². The van der Waals surface area contributed by atoms with Gasteiger partial charge in [-0.1, -0.05) is 23.7 Å². The number of ether oxygens (including phenoxy) is 1. The first-order valence-electron chi connectivity index (χ1n) is 8.27. The molecule has 1 aromatic carbocycles. The Morgan fingerprint density at radius 2 is 1.81 bits per heavy atom. The zero-order chi connectivity index (χ0) is 20.0. The summed E-state index contributed by atoms with van der Waals surface area (Å²) in [5.74, 6) is 0. The second-order valence-corrected chi connectivity index (χ2v) is 7.74. The molecule has 2 heterocycles. The quantitative estimate of drug-likeness (QED) is 0.621. The lowest BCUT2D eigenvalue weighted by atomic mass is 9.99. The number of alkyl halides is 3. The lowest BCUT2D eigenvalue weighted by Gasteiger charge is -2.24. The van der Waals surface area contributed by atoms with Gasteiger partial charge in [0.25, 0.3) is 0 Å². The van der Waals surface area contributed by atoms with Gasteiger partial charge in [-0.2, -0.15) is 13.2 Å². The van der Waals surface area contributed by atoms with Crippen LogP contribution in [0.15, 0.2) is 30.5 Å². The maximum absolute atomic E-state index is 13.3. The highest BCUT2D eigenvalue weighted by molar-refractivity contribution is 6.33. The summed E-state index contributed by atoms with van der Waals surface area (Å²) in [5.41, 5.74) is 0.110. The number of aromatic nitrogens is 1. The molecule has 0 aliphatic carbocycles. The standard InChI is InChI=1S/C19H18ClF3N2O2/c1-18(2,3)27-17(26)25-9-12-5-4-11(8-13(12)10-25)15-14(20)6-7-24-16(15)19(21,22)23/h4-8H,9-10H2,1-3H3. The highest BCUT2D eigenvalue weighted by Gasteiger charge is 2.37. The van der Waals surface area contributed by atoms with Gasteiger partial charge < -0.3 is 4.74 Å². The summed E-state index contributed by atoms with van der Waals surface area (Å²) in [5, 5.41) is -0.0285. The molecule has 0 spiro atoms. The minimum Gasteiger partial charge on any atom is -0.444 e. The van der Waals surface area contributed by atoms with Crippen molar-refractivity contribution in [2.75, 3.05) is 0 Å². The topological polar surface area (TPSA) is 42.4 Å². The van der Waals surface area contributed by atoms with Crippen molar-refractivity contribution in [2.24, 2.45) is 0 Å². The number of hydrogen-bond donors (Lipinski definition) is 0. The molecule has 2 aromatic rings. The molecular weight excluding hydrogens is 381 g/mol. The number of halogens is 4. The van der Waals surface area contributed by atoms with Crippen LogP contribution >= 0.6 is 11.6 Å². The molecule has 1 aliphatic rings. The van der Waals surface area contributed by atoms with Gasteiger partial charge >= 0.3 is 12.3 Å². The summed E-state index contributed by atoms with van der Waals surface area (Å²) >= 11 is 6.05. The third-order valence-electron chi connectivity index (χ3n) is 4.04. The van der Waals surface area contributed by atoms with E-state index in [9.17, 15) is 18.0 Å². The Labute approximate surface area is 159 Å². The van der Waals surface area contributed by atoms with Crippen LogP contribution in [-0.2, 0) is 24.0 Å². The number of nitrogens with zero attached hydrogens (tertiary/aromatic N) is 2. The Morgan fingerprint density at radius 3 is 2.44 bits per heavy atom. The lowest BCUT2D eigenvalue weighted by Crippen LogP contribution is -2.33. The number of carbonyl (C=O) groups is 1. The van der Waals surface area contributed by atoms with E-state index in [4.69, 9.17) is 16.3 Å². The van der Waals surface area contributed by atoms with Crippen LogP contribution < -0.4 is 0 Å². The Bertz CT molecular complexity index is 891. The van der Waals surface area contributed by atoms with Crippen LogP contribution in [0.1, 0.15) is 37.6 Å². The molecule has 0 bridgehead atoms. The van der Waals surface area contributed by atoms with Crippen molar-refractivity contribution < 1.29 is 22.7 Å². The van der Waals surface area contributed by atoms with Crippen molar-refractivity contribution in [3.63, 3.8) is 0 Å². The first-order valence-corrected chi connectivity index (χ1v) is 8.65. The fourth-order valence-corrected chi connectivity index (χ4v) is 3.19. The highest BCUT2D eigenvalue weighted by atomic mass is 35.5. The molecule has 4 nitrogen and oxygen atoms in total. The molecule has 8 heteroatoms. The Kier molecular flexibility index (Phi) is 4.84. The first kappa shape index (κ1) is 19.5. The molecule has 0 radical (unpaired) electrons. The molecule has 0 fully saturated rings. The minimum atomic E-state index is -4.62. The largest absolute Gasteiger partial charge is 0.444 e. The molecule has 1 amide bonds. The molecule has 0 saturated carbocycles. The lowest BCUT2D eigenvalue weighted by molar-refractivity contribution is -0.140. The summed E-state index contributed by atoms with van der Waals surface area (Å²) in [6.45, 7) is 5.93. The maximum atomic E-state index is 13.3. The zero-order valence-electron chi connectivity index (χ0n) is 15.0. The van der Waals surface area contributed by atoms with E-state index in [1.807, 2.05) is 0 Å². The molecule has 3 rings (SSSR count). The number of amides is 1. The Balaban J connectivity index is 1.93. The van der Waals surface area contributed by atoms with Gasteiger partial charge in [0.15, 0.2) is 5.69 Å². The predicted molar refractivity (Wildman–Crippen MR) is 95.2 cm³/mol. The number of carbonyl (C=O) groups excluding carboxylic acids is 1. The highest BCUT2D eigenvalue weighted by Crippen LogP contribution is 2.40. The summed E-state index contributed by atoms with van der Waals surface area (Å²) < 4.78 is 45.3. The molecule has 0 saturated heterocycles. The van der Waals surface area contributed by atoms with Crippen LogP contribution in [0.5, 0.6) is 0 Å². The zero-order valence-corrected chi connectivity index (χ0v) is 15.8. The van der Waals surface area contributed by atoms with Gasteiger partial charge in [0.2, 0.25) is 0 Å². The normalized spacial score (nSPS) is 14.3. The molecule has 27 heavy (non-hydrogen) atoms. The number of hydrogen-bond acceptors (Lipinski definition) is 3. The fourth-order valence-electron chi connectivity index (χ4n) is 2.93. The molecule has 0 atom stereocenters. The third kappa shape index (κ3) is 4.18. The van der Waals surface area contributed by atoms with Crippen molar-refractivity contribution in [2.45, 2.75) is 45.6 Å². The average molecular weight is 399 g/mol. The van der Waals surface area contributed by atoms with Gasteiger partial charge in [-0.15, -0.1) is 0 Å². The summed E-state index contributed by atoms with van der Waals surface area (Å²) in [6, 6.07) is 6.22. The monoisotopic (exact) mass is 398 g/mol. The summed E-state index contributed by atoms with van der Waals surface area (Å²) in [4.78, 5) is 17.2. The van der Waals surface area contributed by atoms with Gasteiger partial charge in [0.05, 0.1) is 5.02 Å². The van der Waals surface area contributed by atoms with Crippen LogP contribution in [0.4, 0.5) is 18.0 Å². The number of pyridine rings is 1. The molecule has 0 unspecified atom stereocenters. The Hall–Kier alpha value is -2.28. The van der Waals surface area contributed by atoms with Crippen LogP contribution in [0.2, 0.25) is 5.02 Å². The van der Waals surface area contributed by atoms with Crippen molar-refractivity contribution in [3.05, 3.63) is 52.3 Å². The van der Waals surface area contributed by atoms with Crippen LogP contribution in [-0.4, -0.2) is 21.6 Å². The van der Waals surface area contributed by atoms with Crippen LogP contribution in [0.3, 0.4) is 0 Å². The van der Waals surface area contributed by atoms with Crippen molar-refractivity contribution in [1.29, 1.82) is 0 Å². The predicted octanol–water partition coefficient (Wildman–Crippen LogP) is 5.67. The minimum absolute atomic E-state index is 0.0285. The maximum Gasteiger partial charge on any atom is 0.434 e. The van der Waals surface area contributed by atoms with Gasteiger partial charge in [-0.05, 0) is 49.6 Å². The van der Waals surface area contributed by atoms with E-state index in [1.54, 1.807) is 39.0 Å². The number of rotatable bonds is 1. The van der Waals surface area contributed by atoms with Crippen molar-refractivity contribution in [3.8, 4) is 11.1 Å². The van der Waals surface area contributed by atoms with E-state index in [-0.39, 0.29) is 17.1 Å². The van der Waals surface area contributed by atoms with Crippen LogP contribution in [0.25, 0.3) is 11.1 Å². The molecular formula is C19H18ClF3N2O2. The Morgan fingerprint density at radius 1 is 1.15 bits per heavy atom. The van der Waals surface area contributed by atoms with Gasteiger partial charge in [0, 0.05) is 24.8 Å². The number of benzene rings is 1. The van der Waals surface area contributed by atoms with Crippen molar-refractivity contribution in [1.82, 2.24) is 9.88 Å². The van der Waals surface area contributed by atoms with Gasteiger partial charge in [-0.3, -0.25) is 9.88 Å². The average Bonchev–Trinajstić information content (AvgIpc) is 2.95. The molecule has 0 N–H and O–H groups in total. The molecule has 1 aliphatic heterocycles. The SMILES string of the molecule is CC(C)(C)OC(=O)N1Cc2ccc(-c3c(Cl)ccnc3C(F)(F)F)cc2C1. The first-order chi connectivity index (χ1) is 12.5. The van der Waals surface area contributed by atoms with E-state index in [2.05, 4.69) is 4.98 Å². The number of fused-ring (bicyclic) bond motifs is 1.